The molecule has 0 bridgehead atoms. The summed E-state index contributed by atoms with van der Waals surface area (Å²) in [6.07, 6.45) is 0.366. The number of thiazole rings is 1. The van der Waals surface area contributed by atoms with Crippen LogP contribution >= 0.6 is 11.3 Å². The van der Waals surface area contributed by atoms with Gasteiger partial charge in [-0.05, 0) is 31.5 Å². The van der Waals surface area contributed by atoms with E-state index in [9.17, 15) is 4.79 Å². The first-order valence-electron chi connectivity index (χ1n) is 5.95. The molecule has 0 aliphatic carbocycles. The molecule has 1 aromatic heterocycles. The van der Waals surface area contributed by atoms with Gasteiger partial charge in [0, 0.05) is 17.6 Å². The zero-order valence-corrected chi connectivity index (χ0v) is 11.4. The highest BCUT2D eigenvalue weighted by molar-refractivity contribution is 7.07. The number of rotatable bonds is 4. The van der Waals surface area contributed by atoms with Crippen LogP contribution < -0.4 is 4.90 Å². The van der Waals surface area contributed by atoms with E-state index in [1.165, 1.54) is 11.3 Å². The fourth-order valence-electron chi connectivity index (χ4n) is 1.87. The lowest BCUT2D eigenvalue weighted by molar-refractivity contribution is -0.118. The number of hydrogen-bond donors (Lipinski definition) is 0. The molecule has 2 aromatic rings. The van der Waals surface area contributed by atoms with E-state index in [4.69, 9.17) is 0 Å². The summed E-state index contributed by atoms with van der Waals surface area (Å²) in [7, 11) is 0. The molecule has 3 nitrogen and oxygen atoms in total. The topological polar surface area (TPSA) is 33.2 Å². The lowest BCUT2D eigenvalue weighted by Crippen LogP contribution is -2.32. The molecule has 0 spiro atoms. The van der Waals surface area contributed by atoms with Gasteiger partial charge in [0.05, 0.1) is 17.6 Å². The monoisotopic (exact) mass is 260 g/mol. The largest absolute Gasteiger partial charge is 0.312 e. The molecule has 0 radical (unpaired) electrons. The molecule has 4 heteroatoms. The van der Waals surface area contributed by atoms with Crippen molar-refractivity contribution < 1.29 is 4.79 Å². The van der Waals surface area contributed by atoms with Gasteiger partial charge in [-0.15, -0.1) is 11.3 Å². The van der Waals surface area contributed by atoms with Crippen LogP contribution in [-0.2, 0) is 11.2 Å². The summed E-state index contributed by atoms with van der Waals surface area (Å²) >= 11 is 1.52. The van der Waals surface area contributed by atoms with E-state index in [1.54, 1.807) is 10.4 Å². The highest BCUT2D eigenvalue weighted by atomic mass is 32.1. The number of carbonyl (C=O) groups excluding carboxylic acids is 1. The first-order chi connectivity index (χ1) is 8.70. The van der Waals surface area contributed by atoms with E-state index >= 15 is 0 Å². The van der Waals surface area contributed by atoms with Gasteiger partial charge in [-0.3, -0.25) is 4.79 Å². The standard InChI is InChI=1S/C14H16N2OS/c1-3-16(13-6-4-5-11(2)7-13)14(17)8-12-9-18-10-15-12/h4-7,9-10H,3,8H2,1-2H3. The van der Waals surface area contributed by atoms with Gasteiger partial charge in [0.2, 0.25) is 5.91 Å². The van der Waals surface area contributed by atoms with E-state index in [-0.39, 0.29) is 5.91 Å². The second-order valence-electron chi connectivity index (χ2n) is 4.13. The van der Waals surface area contributed by atoms with Crippen LogP contribution in [0.2, 0.25) is 0 Å². The number of nitrogens with zero attached hydrogens (tertiary/aromatic N) is 2. The maximum Gasteiger partial charge on any atom is 0.233 e. The van der Waals surface area contributed by atoms with E-state index in [0.717, 1.165) is 16.9 Å². The first kappa shape index (κ1) is 12.8. The van der Waals surface area contributed by atoms with Gasteiger partial charge in [-0.1, -0.05) is 12.1 Å². The van der Waals surface area contributed by atoms with Crippen molar-refractivity contribution in [2.75, 3.05) is 11.4 Å². The molecule has 1 aromatic carbocycles. The van der Waals surface area contributed by atoms with E-state index in [0.29, 0.717) is 13.0 Å². The molecule has 1 amide bonds. The zero-order valence-electron chi connectivity index (χ0n) is 10.6. The molecule has 0 saturated carbocycles. The Bertz CT molecular complexity index is 522. The smallest absolute Gasteiger partial charge is 0.233 e. The van der Waals surface area contributed by atoms with Crippen molar-refractivity contribution in [2.24, 2.45) is 0 Å². The molecule has 2 rings (SSSR count). The van der Waals surface area contributed by atoms with Crippen LogP contribution in [0.3, 0.4) is 0 Å². The van der Waals surface area contributed by atoms with Crippen LogP contribution in [-0.4, -0.2) is 17.4 Å². The summed E-state index contributed by atoms with van der Waals surface area (Å²) in [5.74, 6) is 0.0917. The van der Waals surface area contributed by atoms with Gasteiger partial charge >= 0.3 is 0 Å². The molecule has 18 heavy (non-hydrogen) atoms. The number of hydrogen-bond acceptors (Lipinski definition) is 3. The number of anilines is 1. The maximum absolute atomic E-state index is 12.2. The molecule has 0 atom stereocenters. The minimum Gasteiger partial charge on any atom is -0.312 e. The van der Waals surface area contributed by atoms with Crippen molar-refractivity contribution in [3.63, 3.8) is 0 Å². The van der Waals surface area contributed by atoms with E-state index in [1.807, 2.05) is 43.5 Å². The molecule has 0 aliphatic heterocycles. The third-order valence-electron chi connectivity index (χ3n) is 2.75. The quantitative estimate of drug-likeness (QED) is 0.846. The number of likely N-dealkylation sites (N-methyl/N-ethyl adjacent to an activating group) is 1. The highest BCUT2D eigenvalue weighted by Gasteiger charge is 2.15. The number of aromatic nitrogens is 1. The van der Waals surface area contributed by atoms with Gasteiger partial charge < -0.3 is 4.90 Å². The van der Waals surface area contributed by atoms with Crippen molar-refractivity contribution in [1.82, 2.24) is 4.98 Å². The van der Waals surface area contributed by atoms with E-state index < -0.39 is 0 Å². The normalized spacial score (nSPS) is 10.3. The van der Waals surface area contributed by atoms with Crippen LogP contribution in [0.1, 0.15) is 18.2 Å². The van der Waals surface area contributed by atoms with Crippen LogP contribution in [0.25, 0.3) is 0 Å². The molecule has 0 fully saturated rings. The average molecular weight is 260 g/mol. The van der Waals surface area contributed by atoms with Crippen molar-refractivity contribution in [1.29, 1.82) is 0 Å². The number of carbonyl (C=O) groups is 1. The predicted molar refractivity (Wildman–Crippen MR) is 75.0 cm³/mol. The van der Waals surface area contributed by atoms with Crippen LogP contribution in [0.4, 0.5) is 5.69 Å². The molecule has 0 aliphatic rings. The Morgan fingerprint density at radius 2 is 2.28 bits per heavy atom. The minimum absolute atomic E-state index is 0.0917. The minimum atomic E-state index is 0.0917. The fourth-order valence-corrected chi connectivity index (χ4v) is 2.43. The van der Waals surface area contributed by atoms with Gasteiger partial charge in [0.1, 0.15) is 0 Å². The van der Waals surface area contributed by atoms with Gasteiger partial charge in [-0.25, -0.2) is 4.98 Å². The molecular formula is C14H16N2OS. The highest BCUT2D eigenvalue weighted by Crippen LogP contribution is 2.17. The number of aryl methyl sites for hydroxylation is 1. The molecular weight excluding hydrogens is 244 g/mol. The molecule has 0 saturated heterocycles. The Balaban J connectivity index is 2.15. The van der Waals surface area contributed by atoms with Crippen LogP contribution in [0, 0.1) is 6.92 Å². The fraction of sp³-hybridized carbons (Fsp3) is 0.286. The first-order valence-corrected chi connectivity index (χ1v) is 6.89. The molecule has 94 valence electrons. The third kappa shape index (κ3) is 2.96. The lowest BCUT2D eigenvalue weighted by Gasteiger charge is -2.21. The average Bonchev–Trinajstić information content (AvgIpc) is 2.83. The van der Waals surface area contributed by atoms with Crippen LogP contribution in [0.5, 0.6) is 0 Å². The Labute approximate surface area is 111 Å². The Hall–Kier alpha value is -1.68. The third-order valence-corrected chi connectivity index (χ3v) is 3.38. The molecule has 0 unspecified atom stereocenters. The summed E-state index contributed by atoms with van der Waals surface area (Å²) in [6.45, 7) is 4.69. The summed E-state index contributed by atoms with van der Waals surface area (Å²) in [4.78, 5) is 18.2. The van der Waals surface area contributed by atoms with Crippen LogP contribution in [0.15, 0.2) is 35.2 Å². The zero-order chi connectivity index (χ0) is 13.0. The summed E-state index contributed by atoms with van der Waals surface area (Å²) in [5.41, 5.74) is 4.72. The summed E-state index contributed by atoms with van der Waals surface area (Å²) in [6, 6.07) is 8.00. The Morgan fingerprint density at radius 3 is 2.89 bits per heavy atom. The second kappa shape index (κ2) is 5.78. The van der Waals surface area contributed by atoms with E-state index in [2.05, 4.69) is 4.98 Å². The number of amides is 1. The van der Waals surface area contributed by atoms with Crippen molar-refractivity contribution in [2.45, 2.75) is 20.3 Å². The Kier molecular flexibility index (Phi) is 4.10. The number of benzene rings is 1. The SMILES string of the molecule is CCN(C(=O)Cc1cscn1)c1cccc(C)c1. The van der Waals surface area contributed by atoms with Gasteiger partial charge in [0.25, 0.3) is 0 Å². The maximum atomic E-state index is 12.2. The lowest BCUT2D eigenvalue weighted by atomic mass is 10.2. The molecule has 0 N–H and O–H groups in total. The predicted octanol–water partition coefficient (Wildman–Crippen LogP) is 3.05. The Morgan fingerprint density at radius 1 is 1.44 bits per heavy atom. The van der Waals surface area contributed by atoms with Crippen molar-refractivity contribution in [3.8, 4) is 0 Å². The summed E-state index contributed by atoms with van der Waals surface area (Å²) < 4.78 is 0. The van der Waals surface area contributed by atoms with Gasteiger partial charge in [-0.2, -0.15) is 0 Å². The van der Waals surface area contributed by atoms with Crippen molar-refractivity contribution in [3.05, 3.63) is 46.4 Å². The van der Waals surface area contributed by atoms with Gasteiger partial charge in [0.15, 0.2) is 0 Å². The summed E-state index contributed by atoms with van der Waals surface area (Å²) in [5, 5.41) is 1.92. The second-order valence-corrected chi connectivity index (χ2v) is 4.85. The van der Waals surface area contributed by atoms with Crippen molar-refractivity contribution >= 4 is 22.9 Å². The molecule has 1 heterocycles.